The summed E-state index contributed by atoms with van der Waals surface area (Å²) in [4.78, 5) is 43.3. The largest absolute Gasteiger partial charge is 0.300 e. The van der Waals surface area contributed by atoms with E-state index in [9.17, 15) is 19.2 Å². The van der Waals surface area contributed by atoms with Gasteiger partial charge in [0.1, 0.15) is 23.1 Å². The fourth-order valence-corrected chi connectivity index (χ4v) is 2.34. The summed E-state index contributed by atoms with van der Waals surface area (Å²) in [6.07, 6.45) is 4.70. The summed E-state index contributed by atoms with van der Waals surface area (Å²) in [5.74, 6) is 0.440. The number of Topliss-reactive ketones (excluding diaryl/α,β-unsaturated/α-hetero) is 4. The summed E-state index contributed by atoms with van der Waals surface area (Å²) in [6, 6.07) is 8.11. The van der Waals surface area contributed by atoms with Gasteiger partial charge in [0.15, 0.2) is 0 Å². The maximum absolute atomic E-state index is 11.3. The predicted molar refractivity (Wildman–Crippen MR) is 104 cm³/mol. The number of carbonyl (C=O) groups excluding carboxylic acids is 4. The van der Waals surface area contributed by atoms with Crippen molar-refractivity contribution in [3.63, 3.8) is 0 Å². The molecule has 0 N–H and O–H groups in total. The van der Waals surface area contributed by atoms with Crippen LogP contribution < -0.4 is 0 Å². The maximum Gasteiger partial charge on any atom is 0.140 e. The molecular formula is C22H32O4. The van der Waals surface area contributed by atoms with E-state index in [-0.39, 0.29) is 29.6 Å². The zero-order valence-electron chi connectivity index (χ0n) is 16.6. The minimum absolute atomic E-state index is 0.0306. The second kappa shape index (κ2) is 14.1. The van der Waals surface area contributed by atoms with Crippen LogP contribution in [0.25, 0.3) is 0 Å². The normalized spacial score (nSPS) is 9.85. The molecule has 0 aliphatic rings. The van der Waals surface area contributed by atoms with Crippen molar-refractivity contribution in [1.29, 1.82) is 0 Å². The number of hydrogen-bond donors (Lipinski definition) is 0. The Balaban J connectivity index is 0.000000508. The van der Waals surface area contributed by atoms with E-state index >= 15 is 0 Å². The third-order valence-corrected chi connectivity index (χ3v) is 3.77. The van der Waals surface area contributed by atoms with Crippen molar-refractivity contribution in [1.82, 2.24) is 0 Å². The molecule has 1 aromatic rings. The molecule has 4 heteroatoms. The molecular weight excluding hydrogens is 328 g/mol. The van der Waals surface area contributed by atoms with Crippen LogP contribution >= 0.6 is 0 Å². The van der Waals surface area contributed by atoms with Crippen molar-refractivity contribution in [2.45, 2.75) is 79.1 Å². The first-order valence-electron chi connectivity index (χ1n) is 9.32. The number of ketones is 4. The van der Waals surface area contributed by atoms with E-state index in [0.29, 0.717) is 25.7 Å². The molecule has 0 saturated heterocycles. The van der Waals surface area contributed by atoms with Gasteiger partial charge in [0.05, 0.1) is 6.42 Å². The van der Waals surface area contributed by atoms with E-state index in [1.165, 1.54) is 12.5 Å². The average Bonchev–Trinajstić information content (AvgIpc) is 2.54. The van der Waals surface area contributed by atoms with Crippen molar-refractivity contribution < 1.29 is 19.2 Å². The zero-order valence-corrected chi connectivity index (χ0v) is 16.6. The molecule has 0 radical (unpaired) electrons. The monoisotopic (exact) mass is 360 g/mol. The van der Waals surface area contributed by atoms with E-state index in [0.717, 1.165) is 24.8 Å². The highest BCUT2D eigenvalue weighted by Gasteiger charge is 2.05. The number of carbonyl (C=O) groups is 4. The first kappa shape index (κ1) is 23.9. The molecule has 0 aromatic heterocycles. The van der Waals surface area contributed by atoms with Crippen LogP contribution in [0.1, 0.15) is 76.8 Å². The molecule has 0 fully saturated rings. The summed E-state index contributed by atoms with van der Waals surface area (Å²) in [7, 11) is 0. The SMILES string of the molecule is CC(=O)CC(=O)CCc1ccc(C)cc1.CCCC(=O)CCCC(C)=O. The molecule has 1 rings (SSSR count). The molecule has 0 aliphatic heterocycles. The average molecular weight is 360 g/mol. The van der Waals surface area contributed by atoms with Crippen LogP contribution in [-0.4, -0.2) is 23.1 Å². The second-order valence-electron chi connectivity index (χ2n) is 6.75. The van der Waals surface area contributed by atoms with Crippen molar-refractivity contribution in [3.8, 4) is 0 Å². The predicted octanol–water partition coefficient (Wildman–Crippen LogP) is 4.59. The van der Waals surface area contributed by atoms with Crippen molar-refractivity contribution >= 4 is 23.1 Å². The quantitative estimate of drug-likeness (QED) is 0.541. The summed E-state index contributed by atoms with van der Waals surface area (Å²) in [5.41, 5.74) is 2.37. The number of hydrogen-bond acceptors (Lipinski definition) is 4. The van der Waals surface area contributed by atoms with Gasteiger partial charge >= 0.3 is 0 Å². The van der Waals surface area contributed by atoms with Crippen LogP contribution in [0.2, 0.25) is 0 Å². The second-order valence-corrected chi connectivity index (χ2v) is 6.75. The first-order chi connectivity index (χ1) is 12.2. The Kier molecular flexibility index (Phi) is 13.0. The number of benzene rings is 1. The van der Waals surface area contributed by atoms with Crippen LogP contribution in [0.4, 0.5) is 0 Å². The molecule has 26 heavy (non-hydrogen) atoms. The lowest BCUT2D eigenvalue weighted by Gasteiger charge is -2.00. The van der Waals surface area contributed by atoms with Crippen molar-refractivity contribution in [3.05, 3.63) is 35.4 Å². The van der Waals surface area contributed by atoms with Crippen molar-refractivity contribution in [2.24, 2.45) is 0 Å². The lowest BCUT2D eigenvalue weighted by Crippen LogP contribution is -2.05. The molecule has 0 atom stereocenters. The van der Waals surface area contributed by atoms with Gasteiger partial charge in [0, 0.05) is 25.7 Å². The van der Waals surface area contributed by atoms with Crippen LogP contribution in [0, 0.1) is 6.92 Å². The van der Waals surface area contributed by atoms with Gasteiger partial charge in [-0.2, -0.15) is 0 Å². The lowest BCUT2D eigenvalue weighted by molar-refractivity contribution is -0.126. The number of aryl methyl sites for hydroxylation is 2. The highest BCUT2D eigenvalue weighted by molar-refractivity contribution is 5.97. The van der Waals surface area contributed by atoms with E-state index in [1.54, 1.807) is 6.92 Å². The Bertz CT molecular complexity index is 585. The van der Waals surface area contributed by atoms with E-state index in [4.69, 9.17) is 0 Å². The van der Waals surface area contributed by atoms with Crippen molar-refractivity contribution in [2.75, 3.05) is 0 Å². The Morgan fingerprint density at radius 2 is 1.38 bits per heavy atom. The molecule has 0 unspecified atom stereocenters. The molecule has 0 amide bonds. The van der Waals surface area contributed by atoms with E-state index in [2.05, 4.69) is 0 Å². The first-order valence-corrected chi connectivity index (χ1v) is 9.32. The Morgan fingerprint density at radius 3 is 1.88 bits per heavy atom. The summed E-state index contributed by atoms with van der Waals surface area (Å²) >= 11 is 0. The van der Waals surface area contributed by atoms with Gasteiger partial charge in [-0.25, -0.2) is 0 Å². The molecule has 0 spiro atoms. The fourth-order valence-electron chi connectivity index (χ4n) is 2.34. The molecule has 0 bridgehead atoms. The third-order valence-electron chi connectivity index (χ3n) is 3.77. The Morgan fingerprint density at radius 1 is 0.769 bits per heavy atom. The minimum Gasteiger partial charge on any atom is -0.300 e. The maximum atomic E-state index is 11.3. The Hall–Kier alpha value is -2.10. The molecule has 144 valence electrons. The van der Waals surface area contributed by atoms with Gasteiger partial charge in [-0.3, -0.25) is 14.4 Å². The topological polar surface area (TPSA) is 68.3 Å². The summed E-state index contributed by atoms with van der Waals surface area (Å²) in [5, 5.41) is 0. The van der Waals surface area contributed by atoms with Crippen LogP contribution in [-0.2, 0) is 25.6 Å². The van der Waals surface area contributed by atoms with E-state index < -0.39 is 0 Å². The van der Waals surface area contributed by atoms with Gasteiger partial charge in [-0.15, -0.1) is 0 Å². The molecule has 0 saturated carbocycles. The highest BCUT2D eigenvalue weighted by Crippen LogP contribution is 2.07. The van der Waals surface area contributed by atoms with Gasteiger partial charge in [0.25, 0.3) is 0 Å². The van der Waals surface area contributed by atoms with Gasteiger partial charge in [0.2, 0.25) is 0 Å². The zero-order chi connectivity index (χ0) is 19.9. The smallest absolute Gasteiger partial charge is 0.140 e. The van der Waals surface area contributed by atoms with E-state index in [1.807, 2.05) is 38.1 Å². The molecule has 0 aliphatic carbocycles. The summed E-state index contributed by atoms with van der Waals surface area (Å²) < 4.78 is 0. The van der Waals surface area contributed by atoms with Gasteiger partial charge in [-0.05, 0) is 45.6 Å². The van der Waals surface area contributed by atoms with Crippen LogP contribution in [0.15, 0.2) is 24.3 Å². The molecule has 4 nitrogen and oxygen atoms in total. The van der Waals surface area contributed by atoms with Crippen LogP contribution in [0.3, 0.4) is 0 Å². The fraction of sp³-hybridized carbons (Fsp3) is 0.545. The highest BCUT2D eigenvalue weighted by atomic mass is 16.1. The third kappa shape index (κ3) is 14.3. The summed E-state index contributed by atoms with van der Waals surface area (Å²) in [6.45, 7) is 7.03. The van der Waals surface area contributed by atoms with Gasteiger partial charge in [-0.1, -0.05) is 36.8 Å². The lowest BCUT2D eigenvalue weighted by atomic mass is 10.0. The van der Waals surface area contributed by atoms with Crippen LogP contribution in [0.5, 0.6) is 0 Å². The minimum atomic E-state index is -0.0519. The number of rotatable bonds is 11. The molecule has 1 aromatic carbocycles. The Labute approximate surface area is 157 Å². The standard InChI is InChI=1S/C13H16O2.C9H16O2/c1-10-3-5-12(6-4-10)7-8-13(15)9-11(2)14;1-3-5-9(11)7-4-6-8(2)10/h3-6H,7-9H2,1-2H3;3-7H2,1-2H3. The van der Waals surface area contributed by atoms with Gasteiger partial charge < -0.3 is 4.79 Å². The molecule has 0 heterocycles.